The van der Waals surface area contributed by atoms with E-state index >= 15 is 0 Å². The van der Waals surface area contributed by atoms with Crippen molar-refractivity contribution in [2.24, 2.45) is 0 Å². The zero-order chi connectivity index (χ0) is 14.1. The number of nitrogens with one attached hydrogen (secondary N) is 2. The van der Waals surface area contributed by atoms with E-state index in [1.807, 2.05) is 0 Å². The molecule has 1 aliphatic heterocycles. The number of rotatable bonds is 3. The summed E-state index contributed by atoms with van der Waals surface area (Å²) in [6, 6.07) is -0.103. The number of carbonyl (C=O) groups is 2. The Morgan fingerprint density at radius 2 is 2.05 bits per heavy atom. The van der Waals surface area contributed by atoms with Crippen LogP contribution in [0.3, 0.4) is 0 Å². The first-order valence-electron chi connectivity index (χ1n) is 7.36. The van der Waals surface area contributed by atoms with Gasteiger partial charge in [0.1, 0.15) is 5.00 Å². The minimum Gasteiger partial charge on any atom is -0.316 e. The van der Waals surface area contributed by atoms with Gasteiger partial charge in [-0.3, -0.25) is 9.59 Å². The molecule has 1 fully saturated rings. The van der Waals surface area contributed by atoms with Crippen molar-refractivity contribution in [2.45, 2.75) is 51.5 Å². The Kier molecular flexibility index (Phi) is 3.89. The van der Waals surface area contributed by atoms with Crippen LogP contribution in [0.1, 0.15) is 53.4 Å². The second kappa shape index (κ2) is 5.66. The minimum atomic E-state index is -0.103. The molecule has 108 valence electrons. The maximum Gasteiger partial charge on any atom is 0.242 e. The monoisotopic (exact) mass is 292 g/mol. The summed E-state index contributed by atoms with van der Waals surface area (Å²) < 4.78 is 0. The molecule has 4 nitrogen and oxygen atoms in total. The maximum atomic E-state index is 12.2. The molecule has 20 heavy (non-hydrogen) atoms. The Labute approximate surface area is 122 Å². The molecule has 1 aliphatic carbocycles. The fourth-order valence-electron chi connectivity index (χ4n) is 3.13. The van der Waals surface area contributed by atoms with Crippen molar-refractivity contribution < 1.29 is 9.59 Å². The third kappa shape index (κ3) is 2.52. The van der Waals surface area contributed by atoms with Crippen LogP contribution < -0.4 is 10.6 Å². The van der Waals surface area contributed by atoms with Gasteiger partial charge in [-0.25, -0.2) is 0 Å². The lowest BCUT2D eigenvalue weighted by Crippen LogP contribution is -2.35. The molecule has 1 unspecified atom stereocenters. The summed E-state index contributed by atoms with van der Waals surface area (Å²) in [6.07, 6.45) is 6.26. The van der Waals surface area contributed by atoms with Crippen molar-refractivity contribution in [2.75, 3.05) is 11.9 Å². The highest BCUT2D eigenvalue weighted by Gasteiger charge is 2.27. The van der Waals surface area contributed by atoms with Gasteiger partial charge in [-0.15, -0.1) is 11.3 Å². The molecule has 2 heterocycles. The summed E-state index contributed by atoms with van der Waals surface area (Å²) in [5, 5.41) is 6.95. The van der Waals surface area contributed by atoms with Gasteiger partial charge in [-0.1, -0.05) is 0 Å². The van der Waals surface area contributed by atoms with Gasteiger partial charge in [-0.05, 0) is 57.6 Å². The fraction of sp³-hybridized carbons (Fsp3) is 0.600. The van der Waals surface area contributed by atoms with Gasteiger partial charge in [0.2, 0.25) is 5.91 Å². The number of aryl methyl sites for hydroxylation is 1. The number of fused-ring (bicyclic) bond motifs is 1. The molecule has 0 aromatic carbocycles. The average molecular weight is 292 g/mol. The molecule has 0 spiro atoms. The van der Waals surface area contributed by atoms with Crippen molar-refractivity contribution in [1.82, 2.24) is 5.32 Å². The van der Waals surface area contributed by atoms with Crippen molar-refractivity contribution in [1.29, 1.82) is 0 Å². The first-order valence-corrected chi connectivity index (χ1v) is 8.18. The number of Topliss-reactive ketones (excluding diaryl/α,β-unsaturated/α-hetero) is 1. The normalized spacial score (nSPS) is 21.6. The van der Waals surface area contributed by atoms with Crippen LogP contribution in [0.5, 0.6) is 0 Å². The number of thiophene rings is 1. The van der Waals surface area contributed by atoms with E-state index in [-0.39, 0.29) is 17.7 Å². The van der Waals surface area contributed by atoms with Crippen LogP contribution in [0.4, 0.5) is 5.00 Å². The quantitative estimate of drug-likeness (QED) is 0.842. The summed E-state index contributed by atoms with van der Waals surface area (Å²) in [6.45, 7) is 2.50. The van der Waals surface area contributed by atoms with Gasteiger partial charge in [0.05, 0.1) is 11.6 Å². The number of amides is 1. The molecule has 3 rings (SSSR count). The summed E-state index contributed by atoms with van der Waals surface area (Å²) in [7, 11) is 0. The van der Waals surface area contributed by atoms with Gasteiger partial charge < -0.3 is 10.6 Å². The SMILES string of the molecule is CC(=O)c1c(NC(=O)C2CCCN2)sc2c1CCCC2. The number of anilines is 1. The van der Waals surface area contributed by atoms with E-state index in [0.717, 1.165) is 49.2 Å². The first kappa shape index (κ1) is 13.8. The second-order valence-corrected chi connectivity index (χ2v) is 6.71. The Balaban J connectivity index is 1.86. The molecule has 1 atom stereocenters. The van der Waals surface area contributed by atoms with Crippen molar-refractivity contribution >= 4 is 28.0 Å². The van der Waals surface area contributed by atoms with Crippen LogP contribution in [-0.2, 0) is 17.6 Å². The molecule has 1 saturated heterocycles. The van der Waals surface area contributed by atoms with E-state index in [2.05, 4.69) is 10.6 Å². The van der Waals surface area contributed by atoms with E-state index in [0.29, 0.717) is 0 Å². The Bertz CT molecular complexity index is 544. The van der Waals surface area contributed by atoms with Gasteiger partial charge in [0.15, 0.2) is 5.78 Å². The predicted molar refractivity (Wildman–Crippen MR) is 80.6 cm³/mol. The molecular formula is C15H20N2O2S. The molecule has 2 N–H and O–H groups in total. The number of hydrogen-bond donors (Lipinski definition) is 2. The van der Waals surface area contributed by atoms with Gasteiger partial charge in [0, 0.05) is 4.88 Å². The fourth-order valence-corrected chi connectivity index (χ4v) is 4.47. The summed E-state index contributed by atoms with van der Waals surface area (Å²) >= 11 is 1.60. The summed E-state index contributed by atoms with van der Waals surface area (Å²) in [4.78, 5) is 25.5. The molecule has 1 aromatic heterocycles. The molecule has 0 bridgehead atoms. The third-order valence-electron chi connectivity index (χ3n) is 4.14. The van der Waals surface area contributed by atoms with Crippen LogP contribution in [-0.4, -0.2) is 24.3 Å². The number of hydrogen-bond acceptors (Lipinski definition) is 4. The van der Waals surface area contributed by atoms with E-state index in [1.165, 1.54) is 16.9 Å². The molecule has 1 aromatic rings. The minimum absolute atomic E-state index is 0.00333. The van der Waals surface area contributed by atoms with Crippen molar-refractivity contribution in [3.63, 3.8) is 0 Å². The molecule has 1 amide bonds. The molecule has 5 heteroatoms. The van der Waals surface area contributed by atoms with E-state index in [9.17, 15) is 9.59 Å². The van der Waals surface area contributed by atoms with Crippen molar-refractivity contribution in [3.8, 4) is 0 Å². The van der Waals surface area contributed by atoms with Gasteiger partial charge in [0.25, 0.3) is 0 Å². The van der Waals surface area contributed by atoms with Crippen LogP contribution in [0.2, 0.25) is 0 Å². The summed E-state index contributed by atoms with van der Waals surface area (Å²) in [5.41, 5.74) is 1.94. The summed E-state index contributed by atoms with van der Waals surface area (Å²) in [5.74, 6) is 0.0719. The van der Waals surface area contributed by atoms with Crippen LogP contribution in [0.25, 0.3) is 0 Å². The van der Waals surface area contributed by atoms with Gasteiger partial charge in [-0.2, -0.15) is 0 Å². The van der Waals surface area contributed by atoms with E-state index in [1.54, 1.807) is 18.3 Å². The van der Waals surface area contributed by atoms with E-state index in [4.69, 9.17) is 0 Å². The lowest BCUT2D eigenvalue weighted by atomic mass is 9.94. The highest BCUT2D eigenvalue weighted by molar-refractivity contribution is 7.17. The largest absolute Gasteiger partial charge is 0.316 e. The standard InChI is InChI=1S/C15H20N2O2S/c1-9(18)13-10-5-2-3-7-12(10)20-15(13)17-14(19)11-6-4-8-16-11/h11,16H,2-8H2,1H3,(H,17,19). The topological polar surface area (TPSA) is 58.2 Å². The van der Waals surface area contributed by atoms with Crippen LogP contribution >= 0.6 is 11.3 Å². The first-order chi connectivity index (χ1) is 9.66. The molecular weight excluding hydrogens is 272 g/mol. The Morgan fingerprint density at radius 3 is 2.75 bits per heavy atom. The molecule has 2 aliphatic rings. The van der Waals surface area contributed by atoms with Crippen LogP contribution in [0.15, 0.2) is 0 Å². The van der Waals surface area contributed by atoms with E-state index < -0.39 is 0 Å². The van der Waals surface area contributed by atoms with Gasteiger partial charge >= 0.3 is 0 Å². The Hall–Kier alpha value is -1.20. The predicted octanol–water partition coefficient (Wildman–Crippen LogP) is 2.52. The number of ketones is 1. The lowest BCUT2D eigenvalue weighted by Gasteiger charge is -2.12. The third-order valence-corrected chi connectivity index (χ3v) is 5.34. The smallest absolute Gasteiger partial charge is 0.242 e. The van der Waals surface area contributed by atoms with Crippen LogP contribution in [0, 0.1) is 0 Å². The maximum absolute atomic E-state index is 12.2. The Morgan fingerprint density at radius 1 is 1.25 bits per heavy atom. The lowest BCUT2D eigenvalue weighted by molar-refractivity contribution is -0.117. The van der Waals surface area contributed by atoms with Crippen molar-refractivity contribution in [3.05, 3.63) is 16.0 Å². The zero-order valence-electron chi connectivity index (χ0n) is 11.8. The average Bonchev–Trinajstić information content (AvgIpc) is 3.05. The zero-order valence-corrected chi connectivity index (χ0v) is 12.6. The molecule has 0 saturated carbocycles. The number of carbonyl (C=O) groups excluding carboxylic acids is 2. The highest BCUT2D eigenvalue weighted by Crippen LogP contribution is 2.38. The second-order valence-electron chi connectivity index (χ2n) is 5.61. The molecule has 0 radical (unpaired) electrons. The highest BCUT2D eigenvalue weighted by atomic mass is 32.1.